The lowest BCUT2D eigenvalue weighted by Crippen LogP contribution is -2.47. The summed E-state index contributed by atoms with van der Waals surface area (Å²) in [5.74, 6) is 0. The summed E-state index contributed by atoms with van der Waals surface area (Å²) >= 11 is 0. The molecule has 1 aromatic rings. The monoisotopic (exact) mass is 275 g/mol. The molecule has 0 aliphatic carbocycles. The van der Waals surface area contributed by atoms with E-state index in [1.54, 1.807) is 11.9 Å². The lowest BCUT2D eigenvalue weighted by molar-refractivity contribution is 0.239. The summed E-state index contributed by atoms with van der Waals surface area (Å²) in [5, 5.41) is 2.96. The van der Waals surface area contributed by atoms with E-state index >= 15 is 0 Å². The Balaban J connectivity index is 2.03. The highest BCUT2D eigenvalue weighted by molar-refractivity contribution is 5.92. The van der Waals surface area contributed by atoms with Gasteiger partial charge in [0.05, 0.1) is 0 Å². The second-order valence-corrected chi connectivity index (χ2v) is 6.45. The fourth-order valence-corrected chi connectivity index (χ4v) is 2.38. The topological polar surface area (TPSA) is 35.6 Å². The molecule has 0 unspecified atom stereocenters. The molecule has 1 saturated heterocycles. The number of nitrogens with zero attached hydrogens (tertiary/aromatic N) is 2. The zero-order valence-corrected chi connectivity index (χ0v) is 12.9. The van der Waals surface area contributed by atoms with Gasteiger partial charge in [-0.3, -0.25) is 4.90 Å². The molecule has 1 aliphatic rings. The average Bonchev–Trinajstić information content (AvgIpc) is 2.90. The van der Waals surface area contributed by atoms with Crippen molar-refractivity contribution in [3.05, 3.63) is 24.3 Å². The summed E-state index contributed by atoms with van der Waals surface area (Å²) in [4.78, 5) is 16.1. The molecule has 0 atom stereocenters. The number of anilines is 2. The molecule has 1 fully saturated rings. The van der Waals surface area contributed by atoms with Gasteiger partial charge in [0.15, 0.2) is 0 Å². The maximum atomic E-state index is 12.1. The Labute approximate surface area is 121 Å². The molecule has 1 aliphatic heterocycles. The maximum Gasteiger partial charge on any atom is 0.322 e. The first-order valence-corrected chi connectivity index (χ1v) is 7.28. The molecule has 1 aromatic carbocycles. The van der Waals surface area contributed by atoms with Crippen LogP contribution in [0.5, 0.6) is 0 Å². The maximum absolute atomic E-state index is 12.1. The highest BCUT2D eigenvalue weighted by atomic mass is 16.2. The second-order valence-electron chi connectivity index (χ2n) is 6.45. The van der Waals surface area contributed by atoms with E-state index < -0.39 is 0 Å². The van der Waals surface area contributed by atoms with Crippen molar-refractivity contribution in [2.75, 3.05) is 29.9 Å². The Morgan fingerprint density at radius 3 is 2.20 bits per heavy atom. The Bertz CT molecular complexity index is 456. The predicted molar refractivity (Wildman–Crippen MR) is 84.6 cm³/mol. The van der Waals surface area contributed by atoms with Crippen LogP contribution in [0.2, 0.25) is 0 Å². The first kappa shape index (κ1) is 14.7. The fourth-order valence-electron chi connectivity index (χ4n) is 2.38. The quantitative estimate of drug-likeness (QED) is 0.899. The van der Waals surface area contributed by atoms with Crippen LogP contribution in [-0.4, -0.2) is 31.7 Å². The van der Waals surface area contributed by atoms with Crippen molar-refractivity contribution in [2.45, 2.75) is 39.2 Å². The minimum Gasteiger partial charge on any atom is -0.372 e. The Kier molecular flexibility index (Phi) is 4.21. The van der Waals surface area contributed by atoms with Gasteiger partial charge in [-0.1, -0.05) is 0 Å². The van der Waals surface area contributed by atoms with E-state index in [2.05, 4.69) is 22.3 Å². The second kappa shape index (κ2) is 5.73. The number of carbonyl (C=O) groups is 1. The third-order valence-corrected chi connectivity index (χ3v) is 3.49. The van der Waals surface area contributed by atoms with Crippen LogP contribution in [0.25, 0.3) is 0 Å². The zero-order chi connectivity index (χ0) is 14.8. The molecule has 110 valence electrons. The highest BCUT2D eigenvalue weighted by Gasteiger charge is 2.18. The van der Waals surface area contributed by atoms with E-state index in [1.165, 1.54) is 18.5 Å². The highest BCUT2D eigenvalue weighted by Crippen LogP contribution is 2.23. The van der Waals surface area contributed by atoms with Gasteiger partial charge in [-0.2, -0.15) is 0 Å². The normalized spacial score (nSPS) is 15.3. The van der Waals surface area contributed by atoms with Gasteiger partial charge in [0.2, 0.25) is 0 Å². The number of hydrogen-bond donors (Lipinski definition) is 1. The summed E-state index contributed by atoms with van der Waals surface area (Å²) in [6.07, 6.45) is 2.55. The van der Waals surface area contributed by atoms with Crippen molar-refractivity contribution in [3.8, 4) is 0 Å². The molecule has 0 aromatic heterocycles. The summed E-state index contributed by atoms with van der Waals surface area (Å²) in [5.41, 5.74) is 1.94. The van der Waals surface area contributed by atoms with Gasteiger partial charge >= 0.3 is 6.03 Å². The molecule has 4 nitrogen and oxygen atoms in total. The number of nitrogens with one attached hydrogen (secondary N) is 1. The molecule has 2 rings (SSSR count). The van der Waals surface area contributed by atoms with Crippen LogP contribution in [0.1, 0.15) is 33.6 Å². The lowest BCUT2D eigenvalue weighted by Gasteiger charge is -2.26. The minimum atomic E-state index is -0.221. The average molecular weight is 275 g/mol. The van der Waals surface area contributed by atoms with Crippen molar-refractivity contribution in [3.63, 3.8) is 0 Å². The van der Waals surface area contributed by atoms with Gasteiger partial charge < -0.3 is 10.2 Å². The minimum absolute atomic E-state index is 0.0774. The van der Waals surface area contributed by atoms with Crippen molar-refractivity contribution in [1.29, 1.82) is 0 Å². The first-order valence-electron chi connectivity index (χ1n) is 7.28. The Morgan fingerprint density at radius 2 is 1.70 bits per heavy atom. The third kappa shape index (κ3) is 3.65. The van der Waals surface area contributed by atoms with E-state index in [0.29, 0.717) is 0 Å². The third-order valence-electron chi connectivity index (χ3n) is 3.49. The van der Waals surface area contributed by atoms with E-state index in [-0.39, 0.29) is 11.6 Å². The molecule has 20 heavy (non-hydrogen) atoms. The number of carbonyl (C=O) groups excluding carboxylic acids is 1. The molecule has 0 spiro atoms. The van der Waals surface area contributed by atoms with Crippen LogP contribution in [0.3, 0.4) is 0 Å². The van der Waals surface area contributed by atoms with E-state index in [4.69, 9.17) is 0 Å². The number of urea groups is 1. The number of rotatable bonds is 2. The van der Waals surface area contributed by atoms with Crippen LogP contribution in [0, 0.1) is 0 Å². The molecular weight excluding hydrogens is 250 g/mol. The van der Waals surface area contributed by atoms with Crippen LogP contribution in [0.15, 0.2) is 24.3 Å². The number of amides is 2. The molecule has 1 N–H and O–H groups in total. The standard InChI is InChI=1S/C16H25N3O/c1-16(2,3)17-15(20)18(4)13-7-9-14(10-8-13)19-11-5-6-12-19/h7-10H,5-6,11-12H2,1-4H3,(H,17,20). The summed E-state index contributed by atoms with van der Waals surface area (Å²) in [6.45, 7) is 8.22. The summed E-state index contributed by atoms with van der Waals surface area (Å²) < 4.78 is 0. The summed E-state index contributed by atoms with van der Waals surface area (Å²) in [7, 11) is 1.80. The van der Waals surface area contributed by atoms with Gasteiger partial charge in [0, 0.05) is 37.1 Å². The first-order chi connectivity index (χ1) is 9.37. The van der Waals surface area contributed by atoms with E-state index in [1.807, 2.05) is 32.9 Å². The van der Waals surface area contributed by atoms with Gasteiger partial charge in [-0.15, -0.1) is 0 Å². The Hall–Kier alpha value is -1.71. The number of hydrogen-bond acceptors (Lipinski definition) is 2. The van der Waals surface area contributed by atoms with Gasteiger partial charge in [-0.25, -0.2) is 4.79 Å². The van der Waals surface area contributed by atoms with Crippen LogP contribution >= 0.6 is 0 Å². The van der Waals surface area contributed by atoms with E-state index in [9.17, 15) is 4.79 Å². The van der Waals surface area contributed by atoms with Crippen molar-refractivity contribution in [2.24, 2.45) is 0 Å². The SMILES string of the molecule is CN(C(=O)NC(C)(C)C)c1ccc(N2CCCC2)cc1. The van der Waals surface area contributed by atoms with Crippen LogP contribution in [-0.2, 0) is 0 Å². The molecule has 0 radical (unpaired) electrons. The van der Waals surface area contributed by atoms with Crippen molar-refractivity contribution >= 4 is 17.4 Å². The predicted octanol–water partition coefficient (Wildman–Crippen LogP) is 3.23. The molecule has 4 heteroatoms. The molecular formula is C16H25N3O. The van der Waals surface area contributed by atoms with Gasteiger partial charge in [-0.05, 0) is 57.9 Å². The molecule has 0 bridgehead atoms. The molecule has 0 saturated carbocycles. The van der Waals surface area contributed by atoms with E-state index in [0.717, 1.165) is 18.8 Å². The number of benzene rings is 1. The fraction of sp³-hybridized carbons (Fsp3) is 0.562. The molecule has 1 heterocycles. The van der Waals surface area contributed by atoms with Gasteiger partial charge in [0.1, 0.15) is 0 Å². The molecule has 2 amide bonds. The smallest absolute Gasteiger partial charge is 0.322 e. The van der Waals surface area contributed by atoms with Crippen molar-refractivity contribution < 1.29 is 4.79 Å². The van der Waals surface area contributed by atoms with Crippen LogP contribution < -0.4 is 15.1 Å². The Morgan fingerprint density at radius 1 is 1.15 bits per heavy atom. The van der Waals surface area contributed by atoms with Crippen LogP contribution in [0.4, 0.5) is 16.2 Å². The van der Waals surface area contributed by atoms with Crippen molar-refractivity contribution in [1.82, 2.24) is 5.32 Å². The van der Waals surface area contributed by atoms with Gasteiger partial charge in [0.25, 0.3) is 0 Å². The summed E-state index contributed by atoms with van der Waals surface area (Å²) in [6, 6.07) is 8.14. The largest absolute Gasteiger partial charge is 0.372 e. The lowest BCUT2D eigenvalue weighted by atomic mass is 10.1. The zero-order valence-electron chi connectivity index (χ0n) is 12.9.